The van der Waals surface area contributed by atoms with Gasteiger partial charge in [0, 0.05) is 23.5 Å². The van der Waals surface area contributed by atoms with Crippen LogP contribution in [0.1, 0.15) is 27.1 Å². The lowest BCUT2D eigenvalue weighted by atomic mass is 10.0. The highest BCUT2D eigenvalue weighted by Crippen LogP contribution is 2.36. The number of rotatable bonds is 3. The standard InChI is InChI=1S/C11H11F3N4S/c1-6-4-16-3-2-7(6)9(18-15)8-5-17-10(19-8)11(12,13)14/h2-5,9,18H,15H2,1H3. The Kier molecular flexibility index (Phi) is 3.83. The van der Waals surface area contributed by atoms with Crippen LogP contribution in [0.2, 0.25) is 0 Å². The lowest BCUT2D eigenvalue weighted by Crippen LogP contribution is -2.28. The molecule has 0 aromatic carbocycles. The Balaban J connectivity index is 2.38. The van der Waals surface area contributed by atoms with Crippen molar-refractivity contribution in [3.63, 3.8) is 0 Å². The van der Waals surface area contributed by atoms with Gasteiger partial charge in [0.25, 0.3) is 0 Å². The van der Waals surface area contributed by atoms with Gasteiger partial charge in [-0.15, -0.1) is 11.3 Å². The number of halogens is 3. The third-order valence-electron chi connectivity index (χ3n) is 2.59. The van der Waals surface area contributed by atoms with Crippen molar-refractivity contribution in [1.82, 2.24) is 15.4 Å². The number of alkyl halides is 3. The fraction of sp³-hybridized carbons (Fsp3) is 0.273. The Bertz CT molecular complexity index is 567. The predicted molar refractivity (Wildman–Crippen MR) is 65.3 cm³/mol. The molecule has 4 nitrogen and oxygen atoms in total. The van der Waals surface area contributed by atoms with Crippen LogP contribution in [0.25, 0.3) is 0 Å². The van der Waals surface area contributed by atoms with E-state index in [9.17, 15) is 13.2 Å². The van der Waals surface area contributed by atoms with E-state index in [4.69, 9.17) is 5.84 Å². The number of nitrogens with zero attached hydrogens (tertiary/aromatic N) is 2. The molecule has 0 fully saturated rings. The fourth-order valence-corrected chi connectivity index (χ4v) is 2.55. The topological polar surface area (TPSA) is 63.8 Å². The van der Waals surface area contributed by atoms with E-state index in [0.717, 1.165) is 11.1 Å². The number of hydrazine groups is 1. The van der Waals surface area contributed by atoms with Crippen LogP contribution in [0.5, 0.6) is 0 Å². The second-order valence-corrected chi connectivity index (χ2v) is 4.96. The van der Waals surface area contributed by atoms with Crippen LogP contribution in [-0.4, -0.2) is 9.97 Å². The summed E-state index contributed by atoms with van der Waals surface area (Å²) >= 11 is 0.577. The van der Waals surface area contributed by atoms with Crippen LogP contribution >= 0.6 is 11.3 Å². The lowest BCUT2D eigenvalue weighted by Gasteiger charge is -2.16. The summed E-state index contributed by atoms with van der Waals surface area (Å²) in [6.45, 7) is 1.82. The lowest BCUT2D eigenvalue weighted by molar-refractivity contribution is -0.137. The number of nitrogens with one attached hydrogen (secondary N) is 1. The van der Waals surface area contributed by atoms with Crippen molar-refractivity contribution in [2.45, 2.75) is 19.1 Å². The molecule has 0 saturated heterocycles. The van der Waals surface area contributed by atoms with Crippen LogP contribution < -0.4 is 11.3 Å². The first-order valence-corrected chi connectivity index (χ1v) is 6.14. The molecule has 102 valence electrons. The molecule has 0 aliphatic rings. The van der Waals surface area contributed by atoms with Gasteiger partial charge >= 0.3 is 6.18 Å². The van der Waals surface area contributed by atoms with Crippen LogP contribution in [0, 0.1) is 6.92 Å². The molecular formula is C11H11F3N4S. The maximum atomic E-state index is 12.5. The van der Waals surface area contributed by atoms with E-state index >= 15 is 0 Å². The number of pyridine rings is 1. The third kappa shape index (κ3) is 2.91. The number of aromatic nitrogens is 2. The minimum atomic E-state index is -4.44. The monoisotopic (exact) mass is 288 g/mol. The summed E-state index contributed by atoms with van der Waals surface area (Å²) in [4.78, 5) is 7.74. The van der Waals surface area contributed by atoms with E-state index in [1.54, 1.807) is 18.5 Å². The van der Waals surface area contributed by atoms with Crippen LogP contribution in [0.4, 0.5) is 13.2 Å². The Labute approximate surface area is 111 Å². The summed E-state index contributed by atoms with van der Waals surface area (Å²) in [5.41, 5.74) is 4.13. The van der Waals surface area contributed by atoms with E-state index in [2.05, 4.69) is 15.4 Å². The van der Waals surface area contributed by atoms with E-state index < -0.39 is 17.2 Å². The molecule has 0 radical (unpaired) electrons. The van der Waals surface area contributed by atoms with Gasteiger partial charge in [-0.05, 0) is 24.1 Å². The van der Waals surface area contributed by atoms with E-state index in [-0.39, 0.29) is 0 Å². The molecule has 3 N–H and O–H groups in total. The fourth-order valence-electron chi connectivity index (χ4n) is 1.68. The van der Waals surface area contributed by atoms with Crippen molar-refractivity contribution < 1.29 is 13.2 Å². The smallest absolute Gasteiger partial charge is 0.271 e. The number of hydrogen-bond donors (Lipinski definition) is 2. The average molecular weight is 288 g/mol. The predicted octanol–water partition coefficient (Wildman–Crippen LogP) is 2.42. The highest BCUT2D eigenvalue weighted by Gasteiger charge is 2.35. The molecule has 1 atom stereocenters. The highest BCUT2D eigenvalue weighted by atomic mass is 32.1. The summed E-state index contributed by atoms with van der Waals surface area (Å²) in [6.07, 6.45) is -0.0446. The summed E-state index contributed by atoms with van der Waals surface area (Å²) < 4.78 is 37.6. The highest BCUT2D eigenvalue weighted by molar-refractivity contribution is 7.11. The van der Waals surface area contributed by atoms with Crippen LogP contribution in [0.3, 0.4) is 0 Å². The summed E-state index contributed by atoms with van der Waals surface area (Å²) in [7, 11) is 0. The number of nitrogens with two attached hydrogens (primary N) is 1. The molecule has 1 unspecified atom stereocenters. The van der Waals surface area contributed by atoms with Gasteiger partial charge < -0.3 is 0 Å². The second kappa shape index (κ2) is 5.24. The van der Waals surface area contributed by atoms with E-state index in [1.165, 1.54) is 6.20 Å². The van der Waals surface area contributed by atoms with Crippen molar-refractivity contribution in [2.24, 2.45) is 5.84 Å². The van der Waals surface area contributed by atoms with Crippen molar-refractivity contribution in [1.29, 1.82) is 0 Å². The Hall–Kier alpha value is -1.51. The molecule has 19 heavy (non-hydrogen) atoms. The largest absolute Gasteiger partial charge is 0.443 e. The van der Waals surface area contributed by atoms with E-state index in [1.807, 2.05) is 6.92 Å². The Morgan fingerprint density at radius 2 is 2.11 bits per heavy atom. The third-order valence-corrected chi connectivity index (χ3v) is 3.70. The molecule has 0 spiro atoms. The van der Waals surface area contributed by atoms with Crippen molar-refractivity contribution in [3.8, 4) is 0 Å². The summed E-state index contributed by atoms with van der Waals surface area (Å²) in [5.74, 6) is 5.45. The molecular weight excluding hydrogens is 277 g/mol. The minimum Gasteiger partial charge on any atom is -0.271 e. The maximum absolute atomic E-state index is 12.5. The zero-order valence-corrected chi connectivity index (χ0v) is 10.7. The second-order valence-electron chi connectivity index (χ2n) is 3.90. The zero-order valence-electron chi connectivity index (χ0n) is 9.90. The molecule has 2 heterocycles. The first-order valence-electron chi connectivity index (χ1n) is 5.33. The molecule has 2 rings (SSSR count). The molecule has 0 saturated carbocycles. The first kappa shape index (κ1) is 13.9. The minimum absolute atomic E-state index is 0.407. The van der Waals surface area contributed by atoms with Gasteiger partial charge in [0.15, 0.2) is 5.01 Å². The van der Waals surface area contributed by atoms with Gasteiger partial charge in [-0.25, -0.2) is 10.4 Å². The molecule has 8 heteroatoms. The molecule has 0 aliphatic heterocycles. The molecule has 2 aromatic rings. The SMILES string of the molecule is Cc1cnccc1C(NN)c1cnc(C(F)(F)F)s1. The average Bonchev–Trinajstić information content (AvgIpc) is 2.82. The maximum Gasteiger partial charge on any atom is 0.443 e. The quantitative estimate of drug-likeness (QED) is 0.672. The van der Waals surface area contributed by atoms with Gasteiger partial charge in [0.05, 0.1) is 6.04 Å². The van der Waals surface area contributed by atoms with Crippen LogP contribution in [0.15, 0.2) is 24.7 Å². The number of thiazole rings is 1. The zero-order chi connectivity index (χ0) is 14.0. The normalized spacial score (nSPS) is 13.5. The van der Waals surface area contributed by atoms with Gasteiger partial charge in [0.2, 0.25) is 0 Å². The Morgan fingerprint density at radius 1 is 1.37 bits per heavy atom. The van der Waals surface area contributed by atoms with Gasteiger partial charge in [0.1, 0.15) is 0 Å². The number of hydrogen-bond acceptors (Lipinski definition) is 5. The van der Waals surface area contributed by atoms with Gasteiger partial charge in [-0.2, -0.15) is 13.2 Å². The van der Waals surface area contributed by atoms with Crippen molar-refractivity contribution in [3.05, 3.63) is 45.7 Å². The molecule has 2 aromatic heterocycles. The van der Waals surface area contributed by atoms with Crippen molar-refractivity contribution in [2.75, 3.05) is 0 Å². The summed E-state index contributed by atoms with van der Waals surface area (Å²) in [5, 5.41) is -0.880. The van der Waals surface area contributed by atoms with Crippen LogP contribution in [-0.2, 0) is 6.18 Å². The van der Waals surface area contributed by atoms with E-state index in [0.29, 0.717) is 16.2 Å². The van der Waals surface area contributed by atoms with Gasteiger partial charge in [-0.3, -0.25) is 10.8 Å². The first-order chi connectivity index (χ1) is 8.93. The van der Waals surface area contributed by atoms with Crippen molar-refractivity contribution >= 4 is 11.3 Å². The summed E-state index contributed by atoms with van der Waals surface area (Å²) in [6, 6.07) is 1.18. The Morgan fingerprint density at radius 3 is 2.63 bits per heavy atom. The molecule has 0 bridgehead atoms. The number of aryl methyl sites for hydroxylation is 1. The van der Waals surface area contributed by atoms with Gasteiger partial charge in [-0.1, -0.05) is 0 Å². The molecule has 0 aliphatic carbocycles. The molecule has 0 amide bonds.